The lowest BCUT2D eigenvalue weighted by molar-refractivity contribution is -0.120. The molecule has 0 aromatic carbocycles. The second-order valence-electron chi connectivity index (χ2n) is 3.22. The van der Waals surface area contributed by atoms with Crippen molar-refractivity contribution in [2.75, 3.05) is 0 Å². The van der Waals surface area contributed by atoms with E-state index in [-0.39, 0.29) is 11.7 Å². The molecule has 1 aliphatic heterocycles. The molecular formula is C11H14FNO. The summed E-state index contributed by atoms with van der Waals surface area (Å²) in [7, 11) is 0. The molecule has 0 aromatic rings. The molecule has 0 saturated heterocycles. The Balaban J connectivity index is 3.00. The van der Waals surface area contributed by atoms with Gasteiger partial charge in [0.15, 0.2) is 0 Å². The SMILES string of the molecule is C/C=C\C1=C(/C=C(\C)F)NC(=O)CC1. The lowest BCUT2D eigenvalue weighted by atomic mass is 10.0. The highest BCUT2D eigenvalue weighted by Crippen LogP contribution is 2.18. The Morgan fingerprint density at radius 1 is 1.50 bits per heavy atom. The maximum atomic E-state index is 12.7. The molecule has 0 fully saturated rings. The second kappa shape index (κ2) is 4.74. The van der Waals surface area contributed by atoms with E-state index in [9.17, 15) is 9.18 Å². The Morgan fingerprint density at radius 3 is 2.79 bits per heavy atom. The lowest BCUT2D eigenvalue weighted by Gasteiger charge is -2.16. The van der Waals surface area contributed by atoms with E-state index in [0.717, 1.165) is 5.57 Å². The summed E-state index contributed by atoms with van der Waals surface area (Å²) in [5.74, 6) is -0.352. The molecule has 0 atom stereocenters. The molecule has 2 nitrogen and oxygen atoms in total. The summed E-state index contributed by atoms with van der Waals surface area (Å²) in [6, 6.07) is 0. The highest BCUT2D eigenvalue weighted by molar-refractivity contribution is 5.80. The van der Waals surface area contributed by atoms with Gasteiger partial charge >= 0.3 is 0 Å². The molecule has 1 heterocycles. The topological polar surface area (TPSA) is 29.1 Å². The van der Waals surface area contributed by atoms with Crippen molar-refractivity contribution in [3.05, 3.63) is 35.3 Å². The predicted molar refractivity (Wildman–Crippen MR) is 54.1 cm³/mol. The normalized spacial score (nSPS) is 19.1. The van der Waals surface area contributed by atoms with Crippen molar-refractivity contribution >= 4 is 5.91 Å². The molecule has 0 saturated carbocycles. The second-order valence-corrected chi connectivity index (χ2v) is 3.22. The zero-order valence-electron chi connectivity index (χ0n) is 8.43. The molecule has 0 spiro atoms. The highest BCUT2D eigenvalue weighted by atomic mass is 19.1. The number of carbonyl (C=O) groups is 1. The van der Waals surface area contributed by atoms with Crippen LogP contribution in [0.5, 0.6) is 0 Å². The first kappa shape index (κ1) is 10.7. The van der Waals surface area contributed by atoms with Gasteiger partial charge in [0.2, 0.25) is 5.91 Å². The number of amides is 1. The van der Waals surface area contributed by atoms with Crippen molar-refractivity contribution < 1.29 is 9.18 Å². The molecule has 1 rings (SSSR count). The fraction of sp³-hybridized carbons (Fsp3) is 0.364. The van der Waals surface area contributed by atoms with E-state index in [1.807, 2.05) is 19.1 Å². The fourth-order valence-electron chi connectivity index (χ4n) is 1.38. The summed E-state index contributed by atoms with van der Waals surface area (Å²) < 4.78 is 12.7. The van der Waals surface area contributed by atoms with Crippen LogP contribution in [0.15, 0.2) is 35.3 Å². The average molecular weight is 195 g/mol. The average Bonchev–Trinajstić information content (AvgIpc) is 2.09. The maximum Gasteiger partial charge on any atom is 0.224 e. The highest BCUT2D eigenvalue weighted by Gasteiger charge is 2.14. The van der Waals surface area contributed by atoms with E-state index in [4.69, 9.17) is 0 Å². The van der Waals surface area contributed by atoms with Crippen molar-refractivity contribution in [1.82, 2.24) is 5.32 Å². The standard InChI is InChI=1S/C11H14FNO/c1-3-4-9-5-6-11(14)13-10(9)7-8(2)12/h3-4,7H,5-6H2,1-2H3,(H,13,14)/b4-3-,8-7+. The fourth-order valence-corrected chi connectivity index (χ4v) is 1.38. The molecule has 14 heavy (non-hydrogen) atoms. The summed E-state index contributed by atoms with van der Waals surface area (Å²) in [4.78, 5) is 11.1. The van der Waals surface area contributed by atoms with Gasteiger partial charge in [-0.3, -0.25) is 4.79 Å². The number of allylic oxidation sites excluding steroid dienone is 5. The molecule has 3 heteroatoms. The summed E-state index contributed by atoms with van der Waals surface area (Å²) in [6.07, 6.45) is 6.28. The van der Waals surface area contributed by atoms with Crippen LogP contribution in [-0.2, 0) is 4.79 Å². The van der Waals surface area contributed by atoms with E-state index in [1.54, 1.807) is 0 Å². The number of nitrogens with one attached hydrogen (secondary N) is 1. The Labute approximate surface area is 83.2 Å². The Morgan fingerprint density at radius 2 is 2.21 bits per heavy atom. The molecule has 76 valence electrons. The minimum atomic E-state index is -0.302. The molecule has 0 unspecified atom stereocenters. The quantitative estimate of drug-likeness (QED) is 0.721. The van der Waals surface area contributed by atoms with Crippen LogP contribution in [0.1, 0.15) is 26.7 Å². The van der Waals surface area contributed by atoms with Gasteiger partial charge in [-0.05, 0) is 31.9 Å². The number of halogens is 1. The zero-order chi connectivity index (χ0) is 10.6. The summed E-state index contributed by atoms with van der Waals surface area (Å²) in [5.41, 5.74) is 1.56. The van der Waals surface area contributed by atoms with E-state index in [2.05, 4.69) is 5.32 Å². The molecular weight excluding hydrogens is 181 g/mol. The smallest absolute Gasteiger partial charge is 0.224 e. The van der Waals surface area contributed by atoms with Gasteiger partial charge in [0.1, 0.15) is 0 Å². The van der Waals surface area contributed by atoms with E-state index in [1.165, 1.54) is 13.0 Å². The van der Waals surface area contributed by atoms with Crippen LogP contribution in [0.2, 0.25) is 0 Å². The monoisotopic (exact) mass is 195 g/mol. The maximum absolute atomic E-state index is 12.7. The van der Waals surface area contributed by atoms with E-state index < -0.39 is 0 Å². The van der Waals surface area contributed by atoms with Gasteiger partial charge in [0.25, 0.3) is 0 Å². The van der Waals surface area contributed by atoms with Gasteiger partial charge in [0.05, 0.1) is 5.83 Å². The van der Waals surface area contributed by atoms with Crippen LogP contribution in [0, 0.1) is 0 Å². The van der Waals surface area contributed by atoms with Crippen LogP contribution >= 0.6 is 0 Å². The van der Waals surface area contributed by atoms with Crippen LogP contribution in [0.25, 0.3) is 0 Å². The third-order valence-corrected chi connectivity index (χ3v) is 1.95. The molecule has 0 bridgehead atoms. The summed E-state index contributed by atoms with van der Waals surface area (Å²) in [6.45, 7) is 3.26. The first-order valence-corrected chi connectivity index (χ1v) is 4.63. The molecule has 1 aliphatic rings. The van der Waals surface area contributed by atoms with Crippen LogP contribution in [0.4, 0.5) is 4.39 Å². The van der Waals surface area contributed by atoms with Crippen molar-refractivity contribution in [1.29, 1.82) is 0 Å². The summed E-state index contributed by atoms with van der Waals surface area (Å²) in [5, 5.41) is 2.66. The molecule has 0 aromatic heterocycles. The molecule has 0 aliphatic carbocycles. The van der Waals surface area contributed by atoms with Gasteiger partial charge < -0.3 is 5.32 Å². The van der Waals surface area contributed by atoms with Crippen molar-refractivity contribution in [2.45, 2.75) is 26.7 Å². The van der Waals surface area contributed by atoms with Crippen molar-refractivity contribution in [2.24, 2.45) is 0 Å². The Bertz CT molecular complexity index is 322. The first-order chi connectivity index (χ1) is 6.63. The van der Waals surface area contributed by atoms with E-state index >= 15 is 0 Å². The molecule has 0 radical (unpaired) electrons. The summed E-state index contributed by atoms with van der Waals surface area (Å²) >= 11 is 0. The minimum absolute atomic E-state index is 0.0502. The third kappa shape index (κ3) is 2.83. The van der Waals surface area contributed by atoms with Crippen LogP contribution in [0.3, 0.4) is 0 Å². The van der Waals surface area contributed by atoms with Crippen LogP contribution < -0.4 is 5.32 Å². The van der Waals surface area contributed by atoms with Gasteiger partial charge in [-0.2, -0.15) is 0 Å². The lowest BCUT2D eigenvalue weighted by Crippen LogP contribution is -2.26. The molecule has 1 amide bonds. The van der Waals surface area contributed by atoms with Crippen molar-refractivity contribution in [3.63, 3.8) is 0 Å². The van der Waals surface area contributed by atoms with E-state index in [0.29, 0.717) is 18.5 Å². The number of hydrogen-bond donors (Lipinski definition) is 1. The largest absolute Gasteiger partial charge is 0.326 e. The number of rotatable bonds is 2. The van der Waals surface area contributed by atoms with Gasteiger partial charge in [-0.1, -0.05) is 12.2 Å². The third-order valence-electron chi connectivity index (χ3n) is 1.95. The number of hydrogen-bond acceptors (Lipinski definition) is 1. The molecule has 1 N–H and O–H groups in total. The Hall–Kier alpha value is -1.38. The first-order valence-electron chi connectivity index (χ1n) is 4.63. The van der Waals surface area contributed by atoms with Gasteiger partial charge in [-0.15, -0.1) is 0 Å². The number of carbonyl (C=O) groups excluding carboxylic acids is 1. The van der Waals surface area contributed by atoms with Crippen LogP contribution in [-0.4, -0.2) is 5.91 Å². The minimum Gasteiger partial charge on any atom is -0.326 e. The van der Waals surface area contributed by atoms with Gasteiger partial charge in [-0.25, -0.2) is 4.39 Å². The van der Waals surface area contributed by atoms with Gasteiger partial charge in [0, 0.05) is 12.1 Å². The zero-order valence-corrected chi connectivity index (χ0v) is 8.43. The predicted octanol–water partition coefficient (Wildman–Crippen LogP) is 2.60. The Kier molecular flexibility index (Phi) is 3.63. The van der Waals surface area contributed by atoms with Crippen molar-refractivity contribution in [3.8, 4) is 0 Å².